The maximum Gasteiger partial charge on any atom is 0.244 e. The molecule has 1 unspecified atom stereocenters. The summed E-state index contributed by atoms with van der Waals surface area (Å²) in [5.74, 6) is 0.758. The molecule has 0 fully saturated rings. The lowest BCUT2D eigenvalue weighted by atomic mass is 10.3. The molecular weight excluding hydrogens is 294 g/mol. The molecule has 1 aromatic heterocycles. The van der Waals surface area contributed by atoms with E-state index in [9.17, 15) is 8.42 Å². The molecule has 1 aromatic rings. The first-order chi connectivity index (χ1) is 9.55. The van der Waals surface area contributed by atoms with Crippen LogP contribution in [0.4, 0.5) is 5.69 Å². The third-order valence-corrected chi connectivity index (χ3v) is 5.11. The smallest absolute Gasteiger partial charge is 0.244 e. The number of hydrogen-bond donors (Lipinski definition) is 2. The molecule has 20 heavy (non-hydrogen) atoms. The lowest BCUT2D eigenvalue weighted by Gasteiger charge is -2.17. The Kier molecular flexibility index (Phi) is 7.32. The third-order valence-electron chi connectivity index (χ3n) is 2.82. The molecule has 5 nitrogen and oxygen atoms in total. The van der Waals surface area contributed by atoms with Crippen LogP contribution >= 0.6 is 11.8 Å². The topological polar surface area (TPSA) is 71.1 Å². The summed E-state index contributed by atoms with van der Waals surface area (Å²) in [6.45, 7) is 4.74. The van der Waals surface area contributed by atoms with E-state index in [1.807, 2.05) is 20.1 Å². The van der Waals surface area contributed by atoms with Crippen molar-refractivity contribution in [2.24, 2.45) is 0 Å². The van der Waals surface area contributed by atoms with E-state index in [1.54, 1.807) is 24.0 Å². The highest BCUT2D eigenvalue weighted by atomic mass is 32.2. The highest BCUT2D eigenvalue weighted by Crippen LogP contribution is 2.20. The first kappa shape index (κ1) is 17.3. The number of nitrogens with one attached hydrogen (secondary N) is 2. The van der Waals surface area contributed by atoms with Crippen LogP contribution in [-0.2, 0) is 10.0 Å². The Balaban J connectivity index is 2.96. The summed E-state index contributed by atoms with van der Waals surface area (Å²) >= 11 is 1.63. The summed E-state index contributed by atoms with van der Waals surface area (Å²) in [4.78, 5) is 4.15. The zero-order valence-corrected chi connectivity index (χ0v) is 13.9. The van der Waals surface area contributed by atoms with Crippen molar-refractivity contribution in [2.75, 3.05) is 23.9 Å². The summed E-state index contributed by atoms with van der Waals surface area (Å²) in [5.41, 5.74) is 0.605. The maximum atomic E-state index is 12.5. The van der Waals surface area contributed by atoms with Crippen LogP contribution in [0.1, 0.15) is 26.7 Å². The minimum Gasteiger partial charge on any atom is -0.384 e. The second-order valence-corrected chi connectivity index (χ2v) is 7.07. The SMILES string of the molecule is CCCNc1ccncc1S(=O)(=O)NC(CC)CSC. The van der Waals surface area contributed by atoms with E-state index in [0.717, 1.165) is 25.1 Å². The Morgan fingerprint density at radius 1 is 1.40 bits per heavy atom. The number of aromatic nitrogens is 1. The third kappa shape index (κ3) is 4.96. The van der Waals surface area contributed by atoms with E-state index >= 15 is 0 Å². The van der Waals surface area contributed by atoms with Crippen molar-refractivity contribution in [1.29, 1.82) is 0 Å². The molecular formula is C13H23N3O2S2. The zero-order valence-electron chi connectivity index (χ0n) is 12.2. The van der Waals surface area contributed by atoms with Gasteiger partial charge in [-0.2, -0.15) is 11.8 Å². The Hall–Kier alpha value is -0.790. The number of nitrogens with zero attached hydrogens (tertiary/aromatic N) is 1. The van der Waals surface area contributed by atoms with Crippen molar-refractivity contribution in [3.05, 3.63) is 18.5 Å². The number of rotatable bonds is 9. The van der Waals surface area contributed by atoms with Gasteiger partial charge in [0, 0.05) is 30.7 Å². The minimum absolute atomic E-state index is 0.0609. The molecule has 2 N–H and O–H groups in total. The van der Waals surface area contributed by atoms with Crippen molar-refractivity contribution >= 4 is 27.5 Å². The Morgan fingerprint density at radius 2 is 2.15 bits per heavy atom. The van der Waals surface area contributed by atoms with Crippen LogP contribution in [0.15, 0.2) is 23.4 Å². The number of hydrogen-bond acceptors (Lipinski definition) is 5. The van der Waals surface area contributed by atoms with Crippen molar-refractivity contribution in [2.45, 2.75) is 37.6 Å². The van der Waals surface area contributed by atoms with Gasteiger partial charge in [-0.1, -0.05) is 13.8 Å². The normalized spacial score (nSPS) is 13.2. The van der Waals surface area contributed by atoms with Gasteiger partial charge in [0.25, 0.3) is 0 Å². The molecule has 0 radical (unpaired) electrons. The Morgan fingerprint density at radius 3 is 2.75 bits per heavy atom. The average molecular weight is 317 g/mol. The minimum atomic E-state index is -3.54. The summed E-state index contributed by atoms with van der Waals surface area (Å²) in [6, 6.07) is 1.63. The molecule has 1 heterocycles. The van der Waals surface area contributed by atoms with Crippen LogP contribution in [0.2, 0.25) is 0 Å². The van der Waals surface area contributed by atoms with E-state index in [4.69, 9.17) is 0 Å². The Bertz CT molecular complexity index is 506. The van der Waals surface area contributed by atoms with Gasteiger partial charge < -0.3 is 5.32 Å². The summed E-state index contributed by atoms with van der Waals surface area (Å²) in [6.07, 6.45) is 6.65. The molecule has 0 bridgehead atoms. The first-order valence-corrected chi connectivity index (χ1v) is 9.62. The van der Waals surface area contributed by atoms with Crippen LogP contribution in [0.5, 0.6) is 0 Å². The predicted molar refractivity (Wildman–Crippen MR) is 85.8 cm³/mol. The number of thioether (sulfide) groups is 1. The molecule has 0 aromatic carbocycles. The van der Waals surface area contributed by atoms with Gasteiger partial charge in [-0.25, -0.2) is 13.1 Å². The van der Waals surface area contributed by atoms with E-state index in [1.165, 1.54) is 6.20 Å². The van der Waals surface area contributed by atoms with Gasteiger partial charge in [0.2, 0.25) is 10.0 Å². The largest absolute Gasteiger partial charge is 0.384 e. The first-order valence-electron chi connectivity index (χ1n) is 6.74. The van der Waals surface area contributed by atoms with E-state index in [-0.39, 0.29) is 10.9 Å². The second kappa shape index (κ2) is 8.49. The molecule has 0 saturated carbocycles. The highest BCUT2D eigenvalue weighted by Gasteiger charge is 2.22. The van der Waals surface area contributed by atoms with Gasteiger partial charge >= 0.3 is 0 Å². The maximum absolute atomic E-state index is 12.5. The summed E-state index contributed by atoms with van der Waals surface area (Å²) in [7, 11) is -3.54. The number of sulfonamides is 1. The van der Waals surface area contributed by atoms with Gasteiger partial charge in [-0.15, -0.1) is 0 Å². The van der Waals surface area contributed by atoms with Gasteiger partial charge in [0.15, 0.2) is 0 Å². The fraction of sp³-hybridized carbons (Fsp3) is 0.615. The molecule has 114 valence electrons. The van der Waals surface area contributed by atoms with Crippen molar-refractivity contribution < 1.29 is 8.42 Å². The molecule has 7 heteroatoms. The van der Waals surface area contributed by atoms with Crippen LogP contribution in [0.25, 0.3) is 0 Å². The molecule has 0 amide bonds. The molecule has 1 rings (SSSR count). The van der Waals surface area contributed by atoms with Gasteiger partial charge in [0.05, 0.1) is 5.69 Å². The molecule has 0 saturated heterocycles. The molecule has 0 aliphatic carbocycles. The van der Waals surface area contributed by atoms with Crippen molar-refractivity contribution in [3.8, 4) is 0 Å². The fourth-order valence-electron chi connectivity index (χ4n) is 1.72. The van der Waals surface area contributed by atoms with Gasteiger partial charge in [-0.05, 0) is 25.2 Å². The van der Waals surface area contributed by atoms with E-state index in [2.05, 4.69) is 15.0 Å². The Labute approximate surface area is 126 Å². The van der Waals surface area contributed by atoms with Crippen molar-refractivity contribution in [1.82, 2.24) is 9.71 Å². The fourth-order valence-corrected chi connectivity index (χ4v) is 3.99. The standard InChI is InChI=1S/C13H23N3O2S2/c1-4-7-15-12-6-8-14-9-13(12)20(17,18)16-11(5-2)10-19-3/h6,8-9,11,16H,4-5,7,10H2,1-3H3,(H,14,15). The van der Waals surface area contributed by atoms with E-state index < -0.39 is 10.0 Å². The summed E-state index contributed by atoms with van der Waals surface area (Å²) < 4.78 is 27.7. The van der Waals surface area contributed by atoms with Gasteiger partial charge in [0.1, 0.15) is 4.90 Å². The second-order valence-electron chi connectivity index (χ2n) is 4.48. The average Bonchev–Trinajstić information content (AvgIpc) is 2.44. The van der Waals surface area contributed by atoms with E-state index in [0.29, 0.717) is 5.69 Å². The lowest BCUT2D eigenvalue weighted by molar-refractivity contribution is 0.558. The number of pyridine rings is 1. The van der Waals surface area contributed by atoms with Gasteiger partial charge in [-0.3, -0.25) is 4.98 Å². The van der Waals surface area contributed by atoms with Crippen LogP contribution in [0, 0.1) is 0 Å². The van der Waals surface area contributed by atoms with Crippen LogP contribution < -0.4 is 10.0 Å². The zero-order chi connectivity index (χ0) is 15.0. The van der Waals surface area contributed by atoms with Crippen molar-refractivity contribution in [3.63, 3.8) is 0 Å². The quantitative estimate of drug-likeness (QED) is 0.731. The monoisotopic (exact) mass is 317 g/mol. The summed E-state index contributed by atoms with van der Waals surface area (Å²) in [5, 5.41) is 3.13. The van der Waals surface area contributed by atoms with Crippen LogP contribution in [-0.4, -0.2) is 38.0 Å². The molecule has 1 atom stereocenters. The molecule has 0 spiro atoms. The lowest BCUT2D eigenvalue weighted by Crippen LogP contribution is -2.36. The predicted octanol–water partition coefficient (Wildman–Crippen LogP) is 2.32. The van der Waals surface area contributed by atoms with Crippen LogP contribution in [0.3, 0.4) is 0 Å². The molecule has 0 aliphatic rings. The highest BCUT2D eigenvalue weighted by molar-refractivity contribution is 7.98. The molecule has 0 aliphatic heterocycles. The number of anilines is 1.